The van der Waals surface area contributed by atoms with Gasteiger partial charge in [0.15, 0.2) is 5.84 Å². The maximum absolute atomic E-state index is 13.4. The molecule has 0 saturated heterocycles. The van der Waals surface area contributed by atoms with Gasteiger partial charge in [-0.2, -0.15) is 0 Å². The number of phenols is 1. The van der Waals surface area contributed by atoms with E-state index in [1.54, 1.807) is 6.92 Å². The Bertz CT molecular complexity index is 477. The largest absolute Gasteiger partial charge is 0.508 e. The molecule has 1 aromatic rings. The number of carbonyl (C=O) groups excluding carboxylic acids is 1. The van der Waals surface area contributed by atoms with E-state index in [-0.39, 0.29) is 17.1 Å². The zero-order chi connectivity index (χ0) is 13.7. The minimum atomic E-state index is -0.845. The highest BCUT2D eigenvalue weighted by Crippen LogP contribution is 2.15. The van der Waals surface area contributed by atoms with E-state index >= 15 is 0 Å². The lowest BCUT2D eigenvalue weighted by Gasteiger charge is -2.15. The van der Waals surface area contributed by atoms with Crippen LogP contribution in [0.15, 0.2) is 23.4 Å². The molecule has 1 unspecified atom stereocenters. The van der Waals surface area contributed by atoms with E-state index in [1.807, 2.05) is 0 Å². The van der Waals surface area contributed by atoms with Gasteiger partial charge in [0.25, 0.3) is 5.91 Å². The highest BCUT2D eigenvalue weighted by molar-refractivity contribution is 5.98. The third kappa shape index (κ3) is 3.09. The summed E-state index contributed by atoms with van der Waals surface area (Å²) < 4.78 is 13.4. The lowest BCUT2D eigenvalue weighted by atomic mass is 10.1. The molecule has 0 bridgehead atoms. The molecular formula is C11H14FN3O3. The van der Waals surface area contributed by atoms with E-state index in [2.05, 4.69) is 10.5 Å². The SMILES string of the molecule is CCC(NC(=O)c1ccc(O)cc1F)/C(N)=N/O. The van der Waals surface area contributed by atoms with Crippen LogP contribution in [0.25, 0.3) is 0 Å². The van der Waals surface area contributed by atoms with Crippen LogP contribution < -0.4 is 11.1 Å². The quantitative estimate of drug-likeness (QED) is 0.276. The molecule has 1 aromatic carbocycles. The van der Waals surface area contributed by atoms with Crippen molar-refractivity contribution in [3.05, 3.63) is 29.6 Å². The number of nitrogens with two attached hydrogens (primary N) is 1. The molecule has 0 aliphatic carbocycles. The fourth-order valence-electron chi connectivity index (χ4n) is 1.38. The minimum Gasteiger partial charge on any atom is -0.508 e. The van der Waals surface area contributed by atoms with Crippen molar-refractivity contribution in [3.63, 3.8) is 0 Å². The number of halogens is 1. The molecule has 0 saturated carbocycles. The van der Waals surface area contributed by atoms with Crippen molar-refractivity contribution in [2.75, 3.05) is 0 Å². The number of hydrogen-bond acceptors (Lipinski definition) is 4. The lowest BCUT2D eigenvalue weighted by molar-refractivity contribution is 0.0941. The first-order valence-corrected chi connectivity index (χ1v) is 5.26. The third-order valence-electron chi connectivity index (χ3n) is 2.38. The Balaban J connectivity index is 2.88. The van der Waals surface area contributed by atoms with E-state index in [0.717, 1.165) is 12.1 Å². The van der Waals surface area contributed by atoms with Gasteiger partial charge in [0.05, 0.1) is 11.6 Å². The summed E-state index contributed by atoms with van der Waals surface area (Å²) >= 11 is 0. The van der Waals surface area contributed by atoms with Crippen molar-refractivity contribution in [2.45, 2.75) is 19.4 Å². The number of aromatic hydroxyl groups is 1. The normalized spacial score (nSPS) is 13.1. The zero-order valence-electron chi connectivity index (χ0n) is 9.72. The average molecular weight is 255 g/mol. The topological polar surface area (TPSA) is 108 Å². The summed E-state index contributed by atoms with van der Waals surface area (Å²) in [6.45, 7) is 1.72. The molecule has 0 spiro atoms. The predicted octanol–water partition coefficient (Wildman–Crippen LogP) is 0.786. The molecule has 1 rings (SSSR count). The number of nitrogens with one attached hydrogen (secondary N) is 1. The Morgan fingerprint density at radius 1 is 1.61 bits per heavy atom. The molecule has 0 fully saturated rings. The van der Waals surface area contributed by atoms with Gasteiger partial charge in [-0.3, -0.25) is 4.79 Å². The highest BCUT2D eigenvalue weighted by Gasteiger charge is 2.18. The molecule has 1 atom stereocenters. The van der Waals surface area contributed by atoms with Crippen LogP contribution in [0, 0.1) is 5.82 Å². The molecule has 0 heterocycles. The molecule has 18 heavy (non-hydrogen) atoms. The van der Waals surface area contributed by atoms with Crippen molar-refractivity contribution in [3.8, 4) is 5.75 Å². The summed E-state index contributed by atoms with van der Waals surface area (Å²) in [5.41, 5.74) is 5.14. The van der Waals surface area contributed by atoms with Crippen LogP contribution in [0.3, 0.4) is 0 Å². The van der Waals surface area contributed by atoms with Gasteiger partial charge < -0.3 is 21.4 Å². The third-order valence-corrected chi connectivity index (χ3v) is 2.38. The van der Waals surface area contributed by atoms with Gasteiger partial charge in [-0.25, -0.2) is 4.39 Å². The summed E-state index contributed by atoms with van der Waals surface area (Å²) in [5.74, 6) is -1.98. The molecule has 0 aliphatic rings. The second kappa shape index (κ2) is 5.85. The van der Waals surface area contributed by atoms with Crippen LogP contribution in [0.2, 0.25) is 0 Å². The first-order valence-electron chi connectivity index (χ1n) is 5.26. The van der Waals surface area contributed by atoms with E-state index in [0.29, 0.717) is 6.42 Å². The van der Waals surface area contributed by atoms with Crippen molar-refractivity contribution in [2.24, 2.45) is 10.9 Å². The van der Waals surface area contributed by atoms with E-state index in [9.17, 15) is 9.18 Å². The summed E-state index contributed by atoms with van der Waals surface area (Å²) in [7, 11) is 0. The number of amides is 1. The number of rotatable bonds is 4. The molecular weight excluding hydrogens is 241 g/mol. The Morgan fingerprint density at radius 2 is 2.28 bits per heavy atom. The van der Waals surface area contributed by atoms with Gasteiger partial charge in [-0.1, -0.05) is 12.1 Å². The fourth-order valence-corrected chi connectivity index (χ4v) is 1.38. The lowest BCUT2D eigenvalue weighted by Crippen LogP contribution is -2.44. The minimum absolute atomic E-state index is 0.162. The van der Waals surface area contributed by atoms with Crippen molar-refractivity contribution in [1.82, 2.24) is 5.32 Å². The van der Waals surface area contributed by atoms with Gasteiger partial charge in [0, 0.05) is 6.07 Å². The van der Waals surface area contributed by atoms with Crippen LogP contribution in [-0.4, -0.2) is 28.1 Å². The van der Waals surface area contributed by atoms with E-state index in [1.165, 1.54) is 6.07 Å². The Morgan fingerprint density at radius 3 is 2.78 bits per heavy atom. The maximum atomic E-state index is 13.4. The average Bonchev–Trinajstić information content (AvgIpc) is 2.34. The highest BCUT2D eigenvalue weighted by atomic mass is 19.1. The molecule has 1 amide bonds. The van der Waals surface area contributed by atoms with E-state index in [4.69, 9.17) is 16.0 Å². The number of hydrogen-bond donors (Lipinski definition) is 4. The smallest absolute Gasteiger partial charge is 0.254 e. The van der Waals surface area contributed by atoms with Crippen LogP contribution in [-0.2, 0) is 0 Å². The van der Waals surface area contributed by atoms with Gasteiger partial charge in [-0.05, 0) is 18.6 Å². The Kier molecular flexibility index (Phi) is 4.47. The first kappa shape index (κ1) is 13.8. The molecule has 7 heteroatoms. The molecule has 6 nitrogen and oxygen atoms in total. The number of phenolic OH excluding ortho intramolecular Hbond substituents is 1. The monoisotopic (exact) mass is 255 g/mol. The Labute approximate surface area is 103 Å². The van der Waals surface area contributed by atoms with Gasteiger partial charge in [0.1, 0.15) is 11.6 Å². The second-order valence-electron chi connectivity index (χ2n) is 3.62. The van der Waals surface area contributed by atoms with Gasteiger partial charge in [0.2, 0.25) is 0 Å². The molecule has 0 aliphatic heterocycles. The first-order chi connectivity index (χ1) is 8.49. The van der Waals surface area contributed by atoms with Crippen LogP contribution in [0.1, 0.15) is 23.7 Å². The number of oxime groups is 1. The molecule has 0 radical (unpaired) electrons. The molecule has 98 valence electrons. The van der Waals surface area contributed by atoms with Crippen molar-refractivity contribution >= 4 is 11.7 Å². The number of benzene rings is 1. The van der Waals surface area contributed by atoms with Gasteiger partial charge in [-0.15, -0.1) is 0 Å². The number of amidine groups is 1. The maximum Gasteiger partial charge on any atom is 0.254 e. The van der Waals surface area contributed by atoms with Crippen molar-refractivity contribution < 1.29 is 19.5 Å². The fraction of sp³-hybridized carbons (Fsp3) is 0.273. The summed E-state index contributed by atoms with van der Waals surface area (Å²) in [5, 5.41) is 22.8. The second-order valence-corrected chi connectivity index (χ2v) is 3.62. The zero-order valence-corrected chi connectivity index (χ0v) is 9.72. The number of carbonyl (C=O) groups is 1. The summed E-state index contributed by atoms with van der Waals surface area (Å²) in [6.07, 6.45) is 0.390. The Hall–Kier alpha value is -2.31. The van der Waals surface area contributed by atoms with Gasteiger partial charge >= 0.3 is 0 Å². The standard InChI is InChI=1S/C11H14FN3O3/c1-2-9(10(13)15-18)14-11(17)7-4-3-6(16)5-8(7)12/h3-5,9,16,18H,2H2,1H3,(H2,13,15)(H,14,17). The predicted molar refractivity (Wildman–Crippen MR) is 63.0 cm³/mol. The van der Waals surface area contributed by atoms with E-state index < -0.39 is 17.8 Å². The van der Waals surface area contributed by atoms with Crippen LogP contribution >= 0.6 is 0 Å². The van der Waals surface area contributed by atoms with Crippen LogP contribution in [0.5, 0.6) is 5.75 Å². The van der Waals surface area contributed by atoms with Crippen LogP contribution in [0.4, 0.5) is 4.39 Å². The molecule has 5 N–H and O–H groups in total. The summed E-state index contributed by atoms with van der Waals surface area (Å²) in [6, 6.07) is 2.50. The van der Waals surface area contributed by atoms with Crippen molar-refractivity contribution in [1.29, 1.82) is 0 Å². The number of nitrogens with zero attached hydrogens (tertiary/aromatic N) is 1. The molecule has 0 aromatic heterocycles. The summed E-state index contributed by atoms with van der Waals surface area (Å²) in [4.78, 5) is 11.7.